The largest absolute Gasteiger partial charge is 0.469 e. The molecule has 0 saturated heterocycles. The first-order valence-corrected chi connectivity index (χ1v) is 12.5. The predicted molar refractivity (Wildman–Crippen MR) is 118 cm³/mol. The summed E-state index contributed by atoms with van der Waals surface area (Å²) in [5, 5.41) is 26.2. The Kier molecular flexibility index (Phi) is 5.29. The fraction of sp³-hybridized carbons (Fsp3) is 0.808. The van der Waals surface area contributed by atoms with Crippen LogP contribution in [0.3, 0.4) is 0 Å². The molecule has 5 heteroatoms. The van der Waals surface area contributed by atoms with E-state index in [0.717, 1.165) is 62.7 Å². The molecule has 5 nitrogen and oxygen atoms in total. The van der Waals surface area contributed by atoms with Crippen molar-refractivity contribution in [2.45, 2.75) is 103 Å². The van der Waals surface area contributed by atoms with E-state index >= 15 is 0 Å². The number of hydrogen-bond donors (Lipinski definition) is 3. The number of hydrogen-bond acceptors (Lipinski definition) is 4. The van der Waals surface area contributed by atoms with Crippen LogP contribution in [-0.2, 0) is 11.2 Å². The van der Waals surface area contributed by atoms with Crippen molar-refractivity contribution < 1.29 is 19.4 Å². The van der Waals surface area contributed by atoms with Gasteiger partial charge in [0.05, 0.1) is 24.4 Å². The third-order valence-electron chi connectivity index (χ3n) is 9.63. The summed E-state index contributed by atoms with van der Waals surface area (Å²) in [6.45, 7) is 6.77. The molecule has 31 heavy (non-hydrogen) atoms. The molecule has 1 aromatic heterocycles. The zero-order valence-electron chi connectivity index (χ0n) is 19.3. The monoisotopic (exact) mass is 429 g/mol. The van der Waals surface area contributed by atoms with Crippen molar-refractivity contribution in [3.05, 3.63) is 23.7 Å². The lowest BCUT2D eigenvalue weighted by atomic mass is 9.42. The summed E-state index contributed by atoms with van der Waals surface area (Å²) in [4.78, 5) is 13.7. The smallest absolute Gasteiger partial charge is 0.228 e. The normalized spacial score (nSPS) is 42.2. The molecule has 0 radical (unpaired) electrons. The van der Waals surface area contributed by atoms with Crippen LogP contribution in [0.5, 0.6) is 0 Å². The molecule has 7 atom stereocenters. The van der Waals surface area contributed by atoms with Gasteiger partial charge in [-0.15, -0.1) is 0 Å². The van der Waals surface area contributed by atoms with Gasteiger partial charge in [0.15, 0.2) is 0 Å². The topological polar surface area (TPSA) is 82.7 Å². The van der Waals surface area contributed by atoms with Crippen LogP contribution in [0.4, 0.5) is 0 Å². The van der Waals surface area contributed by atoms with E-state index in [1.54, 1.807) is 6.26 Å². The number of fused-ring (bicyclic) bond motifs is 4. The number of amides is 1. The van der Waals surface area contributed by atoms with Crippen molar-refractivity contribution in [3.63, 3.8) is 0 Å². The molecule has 0 bridgehead atoms. The van der Waals surface area contributed by atoms with Crippen LogP contribution >= 0.6 is 0 Å². The molecule has 1 amide bonds. The van der Waals surface area contributed by atoms with E-state index < -0.39 is 18.1 Å². The lowest BCUT2D eigenvalue weighted by Gasteiger charge is -2.64. The molecular weight excluding hydrogens is 390 g/mol. The Balaban J connectivity index is 1.54. The molecule has 3 unspecified atom stereocenters. The highest BCUT2D eigenvalue weighted by molar-refractivity contribution is 5.85. The molecule has 3 N–H and O–H groups in total. The number of carbonyl (C=O) groups excluding carboxylic acids is 1. The molecule has 0 aliphatic heterocycles. The molecule has 3 fully saturated rings. The minimum absolute atomic E-state index is 0.00706. The summed E-state index contributed by atoms with van der Waals surface area (Å²) in [7, 11) is 0. The summed E-state index contributed by atoms with van der Waals surface area (Å²) >= 11 is 0. The van der Waals surface area contributed by atoms with Crippen LogP contribution in [0.2, 0.25) is 0 Å². The lowest BCUT2D eigenvalue weighted by Crippen LogP contribution is -2.66. The van der Waals surface area contributed by atoms with Crippen LogP contribution in [0.1, 0.15) is 89.4 Å². The maximum Gasteiger partial charge on any atom is 0.228 e. The van der Waals surface area contributed by atoms with Crippen molar-refractivity contribution >= 4 is 5.91 Å². The standard InChI is InChI=1S/C26H39NO4/c1-25(2)11-7-12-26(3)17-14-18-16(10-13-31-18)19(20(17)21(28)22(29)23(25)26)24(30)27-15-8-5-4-6-9-15/h10,13,15,17,19-23,28-29H,4-9,11-12,14H2,1-3H3,(H,27,30)/t17?,19-,20?,21-,22+,23?,26-/m1/s1. The summed E-state index contributed by atoms with van der Waals surface area (Å²) in [5.41, 5.74) is 0.749. The van der Waals surface area contributed by atoms with Gasteiger partial charge in [-0.3, -0.25) is 4.79 Å². The van der Waals surface area contributed by atoms with Crippen LogP contribution in [0.25, 0.3) is 0 Å². The highest BCUT2D eigenvalue weighted by Gasteiger charge is 2.64. The van der Waals surface area contributed by atoms with Crippen LogP contribution in [0, 0.1) is 28.6 Å². The maximum absolute atomic E-state index is 13.7. The first-order chi connectivity index (χ1) is 14.7. The number of aliphatic hydroxyl groups is 2. The van der Waals surface area contributed by atoms with Crippen molar-refractivity contribution in [1.29, 1.82) is 0 Å². The fourth-order valence-electron chi connectivity index (χ4n) is 8.35. The zero-order chi connectivity index (χ0) is 22.0. The average Bonchev–Trinajstić information content (AvgIpc) is 3.19. The quantitative estimate of drug-likeness (QED) is 0.659. The zero-order valence-corrected chi connectivity index (χ0v) is 19.3. The number of carbonyl (C=O) groups is 1. The fourth-order valence-corrected chi connectivity index (χ4v) is 8.35. The second-order valence-corrected chi connectivity index (χ2v) is 11.8. The van der Waals surface area contributed by atoms with Gasteiger partial charge < -0.3 is 19.9 Å². The second kappa shape index (κ2) is 7.62. The van der Waals surface area contributed by atoms with Gasteiger partial charge in [-0.1, -0.05) is 46.5 Å². The number of aliphatic hydroxyl groups excluding tert-OH is 2. The Hall–Kier alpha value is -1.33. The molecule has 4 aliphatic carbocycles. The molecule has 4 aliphatic rings. The highest BCUT2D eigenvalue weighted by Crippen LogP contribution is 2.64. The summed E-state index contributed by atoms with van der Waals surface area (Å²) in [5.74, 6) is 0.310. The Morgan fingerprint density at radius 2 is 1.81 bits per heavy atom. The first kappa shape index (κ1) is 21.5. The van der Waals surface area contributed by atoms with Gasteiger partial charge in [0.1, 0.15) is 5.76 Å². The number of furan rings is 1. The van der Waals surface area contributed by atoms with Gasteiger partial charge in [0.2, 0.25) is 5.91 Å². The van der Waals surface area contributed by atoms with Gasteiger partial charge in [-0.05, 0) is 54.4 Å². The maximum atomic E-state index is 13.7. The van der Waals surface area contributed by atoms with Gasteiger partial charge >= 0.3 is 0 Å². The average molecular weight is 430 g/mol. The van der Waals surface area contributed by atoms with Crippen LogP contribution < -0.4 is 5.32 Å². The third kappa shape index (κ3) is 3.30. The third-order valence-corrected chi connectivity index (χ3v) is 9.63. The molecule has 0 aromatic carbocycles. The van der Waals surface area contributed by atoms with Gasteiger partial charge in [0, 0.05) is 23.9 Å². The minimum atomic E-state index is -0.898. The molecule has 5 rings (SSSR count). The lowest BCUT2D eigenvalue weighted by molar-refractivity contribution is -0.217. The van der Waals surface area contributed by atoms with Crippen LogP contribution in [0.15, 0.2) is 16.7 Å². The Morgan fingerprint density at radius 1 is 1.06 bits per heavy atom. The van der Waals surface area contributed by atoms with E-state index in [9.17, 15) is 15.0 Å². The Bertz CT molecular complexity index is 825. The number of rotatable bonds is 2. The Morgan fingerprint density at radius 3 is 2.55 bits per heavy atom. The van der Waals surface area contributed by atoms with E-state index in [1.807, 2.05) is 6.07 Å². The predicted octanol–water partition coefficient (Wildman–Crippen LogP) is 4.17. The Labute approximate surface area is 186 Å². The van der Waals surface area contributed by atoms with E-state index in [-0.39, 0.29) is 40.5 Å². The molecular formula is C26H39NO4. The van der Waals surface area contributed by atoms with Crippen LogP contribution in [-0.4, -0.2) is 34.4 Å². The van der Waals surface area contributed by atoms with E-state index in [2.05, 4.69) is 26.1 Å². The van der Waals surface area contributed by atoms with Crippen molar-refractivity contribution in [2.24, 2.45) is 28.6 Å². The van der Waals surface area contributed by atoms with Gasteiger partial charge in [-0.2, -0.15) is 0 Å². The summed E-state index contributed by atoms with van der Waals surface area (Å²) in [6.07, 6.45) is 9.57. The minimum Gasteiger partial charge on any atom is -0.469 e. The highest BCUT2D eigenvalue weighted by atomic mass is 16.3. The molecule has 172 valence electrons. The van der Waals surface area contributed by atoms with E-state index in [1.165, 1.54) is 6.42 Å². The van der Waals surface area contributed by atoms with E-state index in [0.29, 0.717) is 0 Å². The second-order valence-electron chi connectivity index (χ2n) is 11.8. The number of nitrogens with one attached hydrogen (secondary N) is 1. The van der Waals surface area contributed by atoms with Crippen molar-refractivity contribution in [1.82, 2.24) is 5.32 Å². The van der Waals surface area contributed by atoms with Crippen molar-refractivity contribution in [2.75, 3.05) is 0 Å². The van der Waals surface area contributed by atoms with E-state index in [4.69, 9.17) is 4.42 Å². The molecule has 0 spiro atoms. The SMILES string of the molecule is CC1(C)CCC[C@]2(C)C3Cc4occc4[C@@H](C(=O)NC4CCCCC4)C3[C@@H](O)[C@H](O)C12. The van der Waals surface area contributed by atoms with Gasteiger partial charge in [-0.25, -0.2) is 0 Å². The molecule has 3 saturated carbocycles. The van der Waals surface area contributed by atoms with Crippen molar-refractivity contribution in [3.8, 4) is 0 Å². The molecule has 1 heterocycles. The first-order valence-electron chi connectivity index (χ1n) is 12.5. The summed E-state index contributed by atoms with van der Waals surface area (Å²) < 4.78 is 5.89. The summed E-state index contributed by atoms with van der Waals surface area (Å²) in [6, 6.07) is 2.13. The van der Waals surface area contributed by atoms with Gasteiger partial charge in [0.25, 0.3) is 0 Å². The molecule has 1 aromatic rings.